The molecule has 1 saturated heterocycles. The van der Waals surface area contributed by atoms with E-state index in [4.69, 9.17) is 4.74 Å². The van der Waals surface area contributed by atoms with E-state index in [2.05, 4.69) is 5.32 Å². The number of ether oxygens (including phenoxy) is 1. The Balaban J connectivity index is 1.99. The molecule has 6 nitrogen and oxygen atoms in total. The van der Waals surface area contributed by atoms with Gasteiger partial charge in [0.05, 0.1) is 17.9 Å². The van der Waals surface area contributed by atoms with Gasteiger partial charge in [-0.15, -0.1) is 0 Å². The lowest BCUT2D eigenvalue weighted by atomic mass is 9.95. The second-order valence-corrected chi connectivity index (χ2v) is 5.76. The number of hydrogen-bond donors (Lipinski definition) is 1. The van der Waals surface area contributed by atoms with Crippen molar-refractivity contribution in [1.82, 2.24) is 4.90 Å². The third-order valence-electron chi connectivity index (χ3n) is 4.20. The molecule has 1 N–H and O–H groups in total. The van der Waals surface area contributed by atoms with Gasteiger partial charge >= 0.3 is 5.97 Å². The molecule has 0 bridgehead atoms. The monoisotopic (exact) mass is 332 g/mol. The molecule has 0 aromatic heterocycles. The number of esters is 1. The minimum atomic E-state index is -0.447. The molecule has 1 aromatic rings. The molecule has 130 valence electrons. The lowest BCUT2D eigenvalue weighted by Gasteiger charge is -2.31. The molecule has 0 unspecified atom stereocenters. The van der Waals surface area contributed by atoms with Crippen LogP contribution in [0.25, 0.3) is 0 Å². The number of nitrogens with one attached hydrogen (secondary N) is 1. The van der Waals surface area contributed by atoms with E-state index in [0.29, 0.717) is 43.6 Å². The highest BCUT2D eigenvalue weighted by Crippen LogP contribution is 2.22. The van der Waals surface area contributed by atoms with Gasteiger partial charge in [0.15, 0.2) is 0 Å². The van der Waals surface area contributed by atoms with Crippen molar-refractivity contribution in [3.05, 3.63) is 29.8 Å². The Morgan fingerprint density at radius 1 is 1.17 bits per heavy atom. The number of rotatable bonds is 5. The minimum Gasteiger partial charge on any atom is -0.462 e. The fourth-order valence-corrected chi connectivity index (χ4v) is 2.83. The first-order valence-corrected chi connectivity index (χ1v) is 8.41. The van der Waals surface area contributed by atoms with E-state index in [1.54, 1.807) is 36.1 Å². The number of nitrogens with zero attached hydrogens (tertiary/aromatic N) is 1. The van der Waals surface area contributed by atoms with Gasteiger partial charge in [0, 0.05) is 25.4 Å². The highest BCUT2D eigenvalue weighted by molar-refractivity contribution is 6.01. The normalized spacial score (nSPS) is 15.0. The maximum atomic E-state index is 12.5. The van der Waals surface area contributed by atoms with Gasteiger partial charge in [-0.3, -0.25) is 9.59 Å². The average molecular weight is 332 g/mol. The molecule has 1 aliphatic rings. The standard InChI is InChI=1S/C18H24N2O4/c1-3-16(21)20-11-9-13(10-12-20)17(22)19-15-8-6-5-7-14(15)18(23)24-4-2/h5-8,13H,3-4,9-12H2,1-2H3,(H,19,22). The Hall–Kier alpha value is -2.37. The van der Waals surface area contributed by atoms with Crippen molar-refractivity contribution in [2.75, 3.05) is 25.0 Å². The van der Waals surface area contributed by atoms with Gasteiger partial charge in [-0.1, -0.05) is 19.1 Å². The molecule has 6 heteroatoms. The number of piperidine rings is 1. The number of carbonyl (C=O) groups excluding carboxylic acids is 3. The van der Waals surface area contributed by atoms with Gasteiger partial charge in [0.2, 0.25) is 11.8 Å². The zero-order valence-electron chi connectivity index (χ0n) is 14.2. The van der Waals surface area contributed by atoms with E-state index in [1.807, 2.05) is 6.92 Å². The van der Waals surface area contributed by atoms with Gasteiger partial charge in [0.1, 0.15) is 0 Å². The molecule has 0 aliphatic carbocycles. The van der Waals surface area contributed by atoms with Crippen LogP contribution in [0.5, 0.6) is 0 Å². The van der Waals surface area contributed by atoms with Crippen LogP contribution in [0.15, 0.2) is 24.3 Å². The van der Waals surface area contributed by atoms with E-state index in [1.165, 1.54) is 0 Å². The number of anilines is 1. The minimum absolute atomic E-state index is 0.115. The van der Waals surface area contributed by atoms with Crippen LogP contribution in [0.1, 0.15) is 43.5 Å². The van der Waals surface area contributed by atoms with Crippen molar-refractivity contribution in [1.29, 1.82) is 0 Å². The first-order valence-electron chi connectivity index (χ1n) is 8.41. The number of carbonyl (C=O) groups is 3. The number of likely N-dealkylation sites (tertiary alicyclic amines) is 1. The summed E-state index contributed by atoms with van der Waals surface area (Å²) in [5.74, 6) is -0.588. The van der Waals surface area contributed by atoms with Crippen molar-refractivity contribution in [2.24, 2.45) is 5.92 Å². The second-order valence-electron chi connectivity index (χ2n) is 5.76. The molecule has 0 saturated carbocycles. The van der Waals surface area contributed by atoms with Gasteiger partial charge < -0.3 is 15.0 Å². The van der Waals surface area contributed by atoms with Crippen molar-refractivity contribution in [2.45, 2.75) is 33.1 Å². The first-order chi connectivity index (χ1) is 11.6. The summed E-state index contributed by atoms with van der Waals surface area (Å²) in [6, 6.07) is 6.83. The lowest BCUT2D eigenvalue weighted by molar-refractivity contribution is -0.134. The van der Waals surface area contributed by atoms with Gasteiger partial charge in [0.25, 0.3) is 0 Å². The largest absolute Gasteiger partial charge is 0.462 e. The third kappa shape index (κ3) is 4.34. The van der Waals surface area contributed by atoms with E-state index < -0.39 is 5.97 Å². The van der Waals surface area contributed by atoms with Crippen molar-refractivity contribution < 1.29 is 19.1 Å². The maximum absolute atomic E-state index is 12.5. The fourth-order valence-electron chi connectivity index (χ4n) is 2.83. The van der Waals surface area contributed by atoms with E-state index >= 15 is 0 Å². The molecule has 1 fully saturated rings. The molecule has 1 heterocycles. The average Bonchev–Trinajstić information content (AvgIpc) is 2.61. The van der Waals surface area contributed by atoms with E-state index in [0.717, 1.165) is 0 Å². The second kappa shape index (κ2) is 8.47. The van der Waals surface area contributed by atoms with Crippen LogP contribution < -0.4 is 5.32 Å². The summed E-state index contributed by atoms with van der Waals surface area (Å²) >= 11 is 0. The van der Waals surface area contributed by atoms with Crippen LogP contribution in [0, 0.1) is 5.92 Å². The zero-order chi connectivity index (χ0) is 17.5. The molecule has 2 rings (SSSR count). The summed E-state index contributed by atoms with van der Waals surface area (Å²) in [6.07, 6.45) is 1.77. The Bertz CT molecular complexity index is 607. The topological polar surface area (TPSA) is 75.7 Å². The van der Waals surface area contributed by atoms with Crippen LogP contribution in [0.3, 0.4) is 0 Å². The van der Waals surface area contributed by atoms with Gasteiger partial charge in [-0.05, 0) is 31.9 Å². The molecule has 0 atom stereocenters. The van der Waals surface area contributed by atoms with Gasteiger partial charge in [-0.25, -0.2) is 4.79 Å². The molecule has 1 aliphatic heterocycles. The van der Waals surface area contributed by atoms with Crippen LogP contribution >= 0.6 is 0 Å². The predicted octanol–water partition coefficient (Wildman–Crippen LogP) is 2.45. The third-order valence-corrected chi connectivity index (χ3v) is 4.20. The Morgan fingerprint density at radius 2 is 1.83 bits per heavy atom. The quantitative estimate of drug-likeness (QED) is 0.840. The van der Waals surface area contributed by atoms with Crippen LogP contribution in [0.2, 0.25) is 0 Å². The van der Waals surface area contributed by atoms with Crippen molar-refractivity contribution in [3.8, 4) is 0 Å². The van der Waals surface area contributed by atoms with Gasteiger partial charge in [-0.2, -0.15) is 0 Å². The summed E-state index contributed by atoms with van der Waals surface area (Å²) in [7, 11) is 0. The highest BCUT2D eigenvalue weighted by atomic mass is 16.5. The fraction of sp³-hybridized carbons (Fsp3) is 0.500. The summed E-state index contributed by atoms with van der Waals surface area (Å²) in [5, 5.41) is 2.83. The smallest absolute Gasteiger partial charge is 0.340 e. The number of amides is 2. The summed E-state index contributed by atoms with van der Waals surface area (Å²) in [5.41, 5.74) is 0.819. The Morgan fingerprint density at radius 3 is 2.46 bits per heavy atom. The summed E-state index contributed by atoms with van der Waals surface area (Å²) < 4.78 is 5.01. The lowest BCUT2D eigenvalue weighted by Crippen LogP contribution is -2.41. The highest BCUT2D eigenvalue weighted by Gasteiger charge is 2.27. The van der Waals surface area contributed by atoms with Crippen LogP contribution in [0.4, 0.5) is 5.69 Å². The molecule has 24 heavy (non-hydrogen) atoms. The number of benzene rings is 1. The first kappa shape index (κ1) is 18.0. The maximum Gasteiger partial charge on any atom is 0.340 e. The number of para-hydroxylation sites is 1. The molecule has 2 amide bonds. The van der Waals surface area contributed by atoms with Crippen LogP contribution in [-0.2, 0) is 14.3 Å². The van der Waals surface area contributed by atoms with Crippen LogP contribution in [-0.4, -0.2) is 42.4 Å². The molecule has 0 spiro atoms. The van der Waals surface area contributed by atoms with Crippen molar-refractivity contribution in [3.63, 3.8) is 0 Å². The van der Waals surface area contributed by atoms with E-state index in [-0.39, 0.29) is 24.3 Å². The predicted molar refractivity (Wildman–Crippen MR) is 90.6 cm³/mol. The Labute approximate surface area is 142 Å². The molecule has 1 aromatic carbocycles. The van der Waals surface area contributed by atoms with Crippen molar-refractivity contribution >= 4 is 23.5 Å². The summed E-state index contributed by atoms with van der Waals surface area (Å²) in [4.78, 5) is 37.9. The molecular weight excluding hydrogens is 308 g/mol. The molecule has 0 radical (unpaired) electrons. The Kier molecular flexibility index (Phi) is 6.35. The van der Waals surface area contributed by atoms with E-state index in [9.17, 15) is 14.4 Å². The summed E-state index contributed by atoms with van der Waals surface area (Å²) in [6.45, 7) is 5.07. The number of hydrogen-bond acceptors (Lipinski definition) is 4. The zero-order valence-corrected chi connectivity index (χ0v) is 14.2. The SMILES string of the molecule is CCOC(=O)c1ccccc1NC(=O)C1CCN(C(=O)CC)CC1. The molecular formula is C18H24N2O4.